The summed E-state index contributed by atoms with van der Waals surface area (Å²) in [5, 5.41) is 10.4. The molecule has 0 aliphatic carbocycles. The van der Waals surface area contributed by atoms with Crippen LogP contribution in [0.2, 0.25) is 0 Å². The highest BCUT2D eigenvalue weighted by Crippen LogP contribution is 2.27. The van der Waals surface area contributed by atoms with Crippen LogP contribution in [0.5, 0.6) is 0 Å². The molecule has 1 heterocycles. The number of nitrogens with zero attached hydrogens (tertiary/aromatic N) is 1. The second-order valence-corrected chi connectivity index (χ2v) is 5.53. The highest BCUT2D eigenvalue weighted by atomic mass is 16.3. The fourth-order valence-electron chi connectivity index (χ4n) is 2.84. The summed E-state index contributed by atoms with van der Waals surface area (Å²) in [6, 6.07) is 10.6. The molecular formula is C15H24N2O. The number of benzene rings is 1. The first-order valence-corrected chi connectivity index (χ1v) is 6.84. The average molecular weight is 248 g/mol. The molecule has 100 valence electrons. The zero-order chi connectivity index (χ0) is 13.0. The van der Waals surface area contributed by atoms with Crippen LogP contribution in [0.15, 0.2) is 30.3 Å². The van der Waals surface area contributed by atoms with Crippen molar-refractivity contribution in [2.24, 2.45) is 5.73 Å². The Bertz CT molecular complexity index is 364. The number of likely N-dealkylation sites (tertiary alicyclic amines) is 1. The zero-order valence-electron chi connectivity index (χ0n) is 11.2. The molecule has 1 aromatic carbocycles. The molecule has 0 bridgehead atoms. The molecule has 3 nitrogen and oxygen atoms in total. The van der Waals surface area contributed by atoms with E-state index in [2.05, 4.69) is 29.2 Å². The maximum Gasteiger partial charge on any atom is 0.0895 e. The number of rotatable bonds is 4. The van der Waals surface area contributed by atoms with Crippen LogP contribution in [-0.4, -0.2) is 34.7 Å². The van der Waals surface area contributed by atoms with Crippen LogP contribution in [0.1, 0.15) is 31.7 Å². The van der Waals surface area contributed by atoms with Crippen molar-refractivity contribution in [1.29, 1.82) is 0 Å². The van der Waals surface area contributed by atoms with Crippen molar-refractivity contribution in [3.05, 3.63) is 35.9 Å². The second-order valence-electron chi connectivity index (χ2n) is 5.53. The van der Waals surface area contributed by atoms with E-state index in [-0.39, 0.29) is 6.04 Å². The first-order valence-electron chi connectivity index (χ1n) is 6.84. The van der Waals surface area contributed by atoms with Crippen LogP contribution in [0.25, 0.3) is 0 Å². The van der Waals surface area contributed by atoms with Gasteiger partial charge in [-0.05, 0) is 31.9 Å². The first-order chi connectivity index (χ1) is 8.63. The largest absolute Gasteiger partial charge is 0.387 e. The van der Waals surface area contributed by atoms with E-state index < -0.39 is 5.60 Å². The minimum absolute atomic E-state index is 0.177. The van der Waals surface area contributed by atoms with Gasteiger partial charge in [0, 0.05) is 19.1 Å². The summed E-state index contributed by atoms with van der Waals surface area (Å²) in [6.07, 6.45) is 3.44. The Hall–Kier alpha value is -0.900. The van der Waals surface area contributed by atoms with Crippen molar-refractivity contribution >= 4 is 0 Å². The Kier molecular flexibility index (Phi) is 4.38. The molecule has 0 saturated carbocycles. The molecule has 18 heavy (non-hydrogen) atoms. The van der Waals surface area contributed by atoms with Crippen LogP contribution in [0, 0.1) is 0 Å². The lowest BCUT2D eigenvalue weighted by molar-refractivity contribution is -0.0462. The van der Waals surface area contributed by atoms with Gasteiger partial charge < -0.3 is 10.8 Å². The van der Waals surface area contributed by atoms with Crippen molar-refractivity contribution in [1.82, 2.24) is 4.90 Å². The van der Waals surface area contributed by atoms with E-state index in [9.17, 15) is 5.11 Å². The van der Waals surface area contributed by atoms with Crippen LogP contribution < -0.4 is 5.73 Å². The van der Waals surface area contributed by atoms with Gasteiger partial charge in [0.15, 0.2) is 0 Å². The maximum absolute atomic E-state index is 10.4. The number of hydrogen-bond acceptors (Lipinski definition) is 3. The minimum Gasteiger partial charge on any atom is -0.387 e. The lowest BCUT2D eigenvalue weighted by Gasteiger charge is -2.43. The fourth-order valence-corrected chi connectivity index (χ4v) is 2.84. The number of piperidine rings is 1. The lowest BCUT2D eigenvalue weighted by Crippen LogP contribution is -2.56. The summed E-state index contributed by atoms with van der Waals surface area (Å²) >= 11 is 0. The molecule has 0 spiro atoms. The molecule has 1 aromatic rings. The third kappa shape index (κ3) is 3.10. The van der Waals surface area contributed by atoms with E-state index in [1.165, 1.54) is 18.4 Å². The number of nitrogens with two attached hydrogens (primary N) is 1. The van der Waals surface area contributed by atoms with Gasteiger partial charge in [-0.2, -0.15) is 0 Å². The molecule has 0 radical (unpaired) electrons. The SMILES string of the molecule is CC(O)(CN)C1CCCCN1Cc1ccccc1. The smallest absolute Gasteiger partial charge is 0.0895 e. The van der Waals surface area contributed by atoms with Crippen molar-refractivity contribution in [3.8, 4) is 0 Å². The molecule has 3 heteroatoms. The molecular weight excluding hydrogens is 224 g/mol. The molecule has 2 unspecified atom stereocenters. The van der Waals surface area contributed by atoms with Crippen molar-refractivity contribution in [2.45, 2.75) is 44.4 Å². The van der Waals surface area contributed by atoms with E-state index in [1.54, 1.807) is 0 Å². The number of aliphatic hydroxyl groups is 1. The molecule has 1 fully saturated rings. The van der Waals surface area contributed by atoms with Gasteiger partial charge >= 0.3 is 0 Å². The fraction of sp³-hybridized carbons (Fsp3) is 0.600. The van der Waals surface area contributed by atoms with Gasteiger partial charge in [0.2, 0.25) is 0 Å². The van der Waals surface area contributed by atoms with Crippen LogP contribution in [0.4, 0.5) is 0 Å². The van der Waals surface area contributed by atoms with Gasteiger partial charge in [0.25, 0.3) is 0 Å². The normalized spacial score (nSPS) is 24.7. The van der Waals surface area contributed by atoms with Crippen LogP contribution in [0.3, 0.4) is 0 Å². The predicted molar refractivity (Wildman–Crippen MR) is 74.2 cm³/mol. The van der Waals surface area contributed by atoms with Crippen molar-refractivity contribution < 1.29 is 5.11 Å². The average Bonchev–Trinajstić information content (AvgIpc) is 2.40. The predicted octanol–water partition coefficient (Wildman–Crippen LogP) is 1.75. The summed E-state index contributed by atoms with van der Waals surface area (Å²) < 4.78 is 0. The molecule has 1 saturated heterocycles. The molecule has 2 rings (SSSR count). The highest BCUT2D eigenvalue weighted by molar-refractivity contribution is 5.15. The molecule has 0 aromatic heterocycles. The third-order valence-corrected chi connectivity index (χ3v) is 3.97. The van der Waals surface area contributed by atoms with E-state index >= 15 is 0 Å². The van der Waals surface area contributed by atoms with Crippen LogP contribution >= 0.6 is 0 Å². The monoisotopic (exact) mass is 248 g/mol. The Morgan fingerprint density at radius 1 is 1.33 bits per heavy atom. The third-order valence-electron chi connectivity index (χ3n) is 3.97. The Morgan fingerprint density at radius 2 is 2.06 bits per heavy atom. The molecule has 1 aliphatic rings. The molecule has 2 atom stereocenters. The lowest BCUT2D eigenvalue weighted by atomic mass is 9.87. The van der Waals surface area contributed by atoms with Gasteiger partial charge in [-0.15, -0.1) is 0 Å². The zero-order valence-corrected chi connectivity index (χ0v) is 11.2. The maximum atomic E-state index is 10.4. The van der Waals surface area contributed by atoms with Gasteiger partial charge in [-0.1, -0.05) is 36.8 Å². The van der Waals surface area contributed by atoms with Crippen molar-refractivity contribution in [3.63, 3.8) is 0 Å². The van der Waals surface area contributed by atoms with Gasteiger partial charge in [0.1, 0.15) is 0 Å². The highest BCUT2D eigenvalue weighted by Gasteiger charge is 2.36. The Labute approximate surface area is 110 Å². The first kappa shape index (κ1) is 13.5. The van der Waals surface area contributed by atoms with E-state index in [4.69, 9.17) is 5.73 Å². The van der Waals surface area contributed by atoms with Crippen LogP contribution in [-0.2, 0) is 6.54 Å². The summed E-state index contributed by atoms with van der Waals surface area (Å²) in [5.74, 6) is 0. The minimum atomic E-state index is -0.783. The summed E-state index contributed by atoms with van der Waals surface area (Å²) in [4.78, 5) is 2.38. The number of hydrogen-bond donors (Lipinski definition) is 2. The topological polar surface area (TPSA) is 49.5 Å². The van der Waals surface area contributed by atoms with Gasteiger partial charge in [0.05, 0.1) is 5.60 Å². The molecule has 0 amide bonds. The summed E-state index contributed by atoms with van der Waals surface area (Å²) in [7, 11) is 0. The van der Waals surface area contributed by atoms with E-state index in [1.807, 2.05) is 13.0 Å². The van der Waals surface area contributed by atoms with Gasteiger partial charge in [-0.25, -0.2) is 0 Å². The van der Waals surface area contributed by atoms with Crippen molar-refractivity contribution in [2.75, 3.05) is 13.1 Å². The Balaban J connectivity index is 2.09. The summed E-state index contributed by atoms with van der Waals surface area (Å²) in [5.41, 5.74) is 6.24. The van der Waals surface area contributed by atoms with Gasteiger partial charge in [-0.3, -0.25) is 4.90 Å². The second kappa shape index (κ2) is 5.83. The molecule has 1 aliphatic heterocycles. The standard InChI is InChI=1S/C15H24N2O/c1-15(18,12-16)14-9-5-6-10-17(14)11-13-7-3-2-4-8-13/h2-4,7-8,14,18H,5-6,9-12,16H2,1H3. The van der Waals surface area contributed by atoms with E-state index in [0.29, 0.717) is 6.54 Å². The Morgan fingerprint density at radius 3 is 2.72 bits per heavy atom. The summed E-state index contributed by atoms with van der Waals surface area (Å²) in [6.45, 7) is 4.14. The molecule has 3 N–H and O–H groups in total. The van der Waals surface area contributed by atoms with E-state index in [0.717, 1.165) is 19.5 Å². The quantitative estimate of drug-likeness (QED) is 0.853.